The number of rotatable bonds is 7. The Bertz CT molecular complexity index is 799. The van der Waals surface area contributed by atoms with Gasteiger partial charge in [0.25, 0.3) is 0 Å². The van der Waals surface area contributed by atoms with E-state index in [1.807, 2.05) is 6.92 Å². The van der Waals surface area contributed by atoms with E-state index in [0.29, 0.717) is 17.3 Å². The first-order chi connectivity index (χ1) is 12.3. The minimum Gasteiger partial charge on any atom is -0.326 e. The highest BCUT2D eigenvalue weighted by atomic mass is 32.2. The number of anilines is 2. The van der Waals surface area contributed by atoms with Crippen LogP contribution in [0.3, 0.4) is 0 Å². The van der Waals surface area contributed by atoms with Gasteiger partial charge >= 0.3 is 0 Å². The van der Waals surface area contributed by atoms with Crippen molar-refractivity contribution in [3.05, 3.63) is 35.7 Å². The molecule has 7 heteroatoms. The quantitative estimate of drug-likeness (QED) is 0.722. The van der Waals surface area contributed by atoms with Crippen molar-refractivity contribution in [2.24, 2.45) is 5.92 Å². The summed E-state index contributed by atoms with van der Waals surface area (Å²) in [5.74, 6) is 0.529. The van der Waals surface area contributed by atoms with Crippen LogP contribution in [0.5, 0.6) is 0 Å². The summed E-state index contributed by atoms with van der Waals surface area (Å²) >= 11 is 1.44. The molecule has 2 rings (SSSR count). The zero-order valence-electron chi connectivity index (χ0n) is 15.9. The molecule has 2 amide bonds. The Morgan fingerprint density at radius 2 is 1.85 bits per heavy atom. The zero-order chi connectivity index (χ0) is 19.3. The molecule has 0 bridgehead atoms. The molecule has 0 saturated carbocycles. The number of hydrogen-bond donors (Lipinski definition) is 2. The summed E-state index contributed by atoms with van der Waals surface area (Å²) in [5.41, 5.74) is 3.45. The van der Waals surface area contributed by atoms with E-state index < -0.39 is 0 Å². The number of carbonyl (C=O) groups is 2. The minimum atomic E-state index is -0.147. The van der Waals surface area contributed by atoms with Crippen LogP contribution in [-0.4, -0.2) is 27.1 Å². The molecule has 0 aliphatic heterocycles. The van der Waals surface area contributed by atoms with E-state index in [2.05, 4.69) is 41.0 Å². The van der Waals surface area contributed by atoms with E-state index >= 15 is 0 Å². The second-order valence-electron chi connectivity index (χ2n) is 6.67. The molecule has 1 aromatic heterocycles. The van der Waals surface area contributed by atoms with E-state index in [9.17, 15) is 9.59 Å². The van der Waals surface area contributed by atoms with E-state index in [-0.39, 0.29) is 17.6 Å². The normalized spacial score (nSPS) is 10.8. The van der Waals surface area contributed by atoms with Crippen LogP contribution < -0.4 is 10.6 Å². The summed E-state index contributed by atoms with van der Waals surface area (Å²) in [6, 6.07) is 7.09. The van der Waals surface area contributed by atoms with E-state index in [1.54, 1.807) is 24.3 Å². The van der Waals surface area contributed by atoms with Crippen molar-refractivity contribution in [1.82, 2.24) is 9.55 Å². The fraction of sp³-hybridized carbons (Fsp3) is 0.421. The summed E-state index contributed by atoms with van der Waals surface area (Å²) in [4.78, 5) is 28.0. The van der Waals surface area contributed by atoms with Gasteiger partial charge in [0.1, 0.15) is 0 Å². The number of carbonyl (C=O) groups excluding carboxylic acids is 2. The summed E-state index contributed by atoms with van der Waals surface area (Å²) in [7, 11) is 0. The van der Waals surface area contributed by atoms with Crippen molar-refractivity contribution in [2.75, 3.05) is 16.4 Å². The summed E-state index contributed by atoms with van der Waals surface area (Å²) in [6.07, 6.45) is 0. The predicted molar refractivity (Wildman–Crippen MR) is 107 cm³/mol. The van der Waals surface area contributed by atoms with Gasteiger partial charge in [0.05, 0.1) is 11.4 Å². The third-order valence-corrected chi connectivity index (χ3v) is 4.75. The Labute approximate surface area is 158 Å². The van der Waals surface area contributed by atoms with E-state index in [1.165, 1.54) is 18.7 Å². The number of nitrogens with zero attached hydrogens (tertiary/aromatic N) is 2. The maximum Gasteiger partial charge on any atom is 0.234 e. The number of aromatic nitrogens is 2. The number of nitrogens with one attached hydrogen (secondary N) is 2. The van der Waals surface area contributed by atoms with Crippen LogP contribution in [0.25, 0.3) is 0 Å². The van der Waals surface area contributed by atoms with Gasteiger partial charge in [0, 0.05) is 30.5 Å². The molecule has 1 heterocycles. The van der Waals surface area contributed by atoms with Crippen LogP contribution in [-0.2, 0) is 16.1 Å². The van der Waals surface area contributed by atoms with E-state index in [0.717, 1.165) is 23.1 Å². The van der Waals surface area contributed by atoms with Crippen molar-refractivity contribution < 1.29 is 9.59 Å². The molecule has 0 unspecified atom stereocenters. The maximum absolute atomic E-state index is 12.3. The Kier molecular flexibility index (Phi) is 6.85. The molecule has 0 radical (unpaired) electrons. The first-order valence-electron chi connectivity index (χ1n) is 8.60. The van der Waals surface area contributed by atoms with Crippen LogP contribution >= 0.6 is 11.8 Å². The standard InChI is InChI=1S/C19H26N4O2S/c1-12(2)10-23-14(4)13(3)20-19(23)26-11-18(25)22-17-8-6-7-16(9-17)21-15(5)24/h6-9,12H,10-11H2,1-5H3,(H,21,24)(H,22,25). The van der Waals surface area contributed by atoms with Gasteiger partial charge in [-0.15, -0.1) is 0 Å². The van der Waals surface area contributed by atoms with Crippen molar-refractivity contribution in [3.8, 4) is 0 Å². The highest BCUT2D eigenvalue weighted by Gasteiger charge is 2.14. The number of benzene rings is 1. The monoisotopic (exact) mass is 374 g/mol. The highest BCUT2D eigenvalue weighted by Crippen LogP contribution is 2.23. The second-order valence-corrected chi connectivity index (χ2v) is 7.61. The number of amides is 2. The third-order valence-electron chi connectivity index (χ3n) is 3.77. The smallest absolute Gasteiger partial charge is 0.234 e. The van der Waals surface area contributed by atoms with Gasteiger partial charge < -0.3 is 15.2 Å². The Balaban J connectivity index is 1.99. The molecule has 0 aliphatic rings. The van der Waals surface area contributed by atoms with Gasteiger partial charge in [-0.25, -0.2) is 4.98 Å². The molecular formula is C19H26N4O2S. The van der Waals surface area contributed by atoms with Gasteiger partial charge in [-0.2, -0.15) is 0 Å². The SMILES string of the molecule is CC(=O)Nc1cccc(NC(=O)CSc2nc(C)c(C)n2CC(C)C)c1. The highest BCUT2D eigenvalue weighted by molar-refractivity contribution is 7.99. The fourth-order valence-corrected chi connectivity index (χ4v) is 3.42. The predicted octanol–water partition coefficient (Wildman–Crippen LogP) is 3.85. The summed E-state index contributed by atoms with van der Waals surface area (Å²) in [5, 5.41) is 6.43. The maximum atomic E-state index is 12.3. The molecule has 0 fully saturated rings. The number of thioether (sulfide) groups is 1. The molecule has 6 nitrogen and oxygen atoms in total. The Morgan fingerprint density at radius 3 is 2.46 bits per heavy atom. The van der Waals surface area contributed by atoms with Crippen molar-refractivity contribution in [3.63, 3.8) is 0 Å². The topological polar surface area (TPSA) is 76.0 Å². The van der Waals surface area contributed by atoms with Crippen molar-refractivity contribution >= 4 is 35.0 Å². The van der Waals surface area contributed by atoms with Crippen LogP contribution in [0.1, 0.15) is 32.2 Å². The fourth-order valence-electron chi connectivity index (χ4n) is 2.52. The Morgan fingerprint density at radius 1 is 1.19 bits per heavy atom. The zero-order valence-corrected chi connectivity index (χ0v) is 16.7. The minimum absolute atomic E-state index is 0.107. The lowest BCUT2D eigenvalue weighted by Crippen LogP contribution is -2.15. The van der Waals surface area contributed by atoms with Crippen LogP contribution in [0.2, 0.25) is 0 Å². The molecule has 2 aromatic rings. The first-order valence-corrected chi connectivity index (χ1v) is 9.59. The molecule has 140 valence electrons. The molecule has 26 heavy (non-hydrogen) atoms. The van der Waals surface area contributed by atoms with Crippen LogP contribution in [0.15, 0.2) is 29.4 Å². The number of imidazole rings is 1. The van der Waals surface area contributed by atoms with Gasteiger partial charge in [-0.1, -0.05) is 31.7 Å². The Hall–Kier alpha value is -2.28. The average molecular weight is 375 g/mol. The average Bonchev–Trinajstić information content (AvgIpc) is 2.80. The molecular weight excluding hydrogens is 348 g/mol. The number of aryl methyl sites for hydroxylation is 1. The van der Waals surface area contributed by atoms with E-state index in [4.69, 9.17) is 0 Å². The third kappa shape index (κ3) is 5.62. The summed E-state index contributed by atoms with van der Waals surface area (Å²) < 4.78 is 2.18. The molecule has 2 N–H and O–H groups in total. The van der Waals surface area contributed by atoms with Crippen LogP contribution in [0, 0.1) is 19.8 Å². The van der Waals surface area contributed by atoms with Gasteiger partial charge in [0.2, 0.25) is 11.8 Å². The number of hydrogen-bond acceptors (Lipinski definition) is 4. The molecule has 0 spiro atoms. The lowest BCUT2D eigenvalue weighted by Gasteiger charge is -2.12. The van der Waals surface area contributed by atoms with Gasteiger partial charge in [0.15, 0.2) is 5.16 Å². The lowest BCUT2D eigenvalue weighted by atomic mass is 10.2. The molecule has 0 saturated heterocycles. The van der Waals surface area contributed by atoms with Gasteiger partial charge in [-0.05, 0) is 38.0 Å². The van der Waals surface area contributed by atoms with Gasteiger partial charge in [-0.3, -0.25) is 9.59 Å². The largest absolute Gasteiger partial charge is 0.326 e. The lowest BCUT2D eigenvalue weighted by molar-refractivity contribution is -0.114. The molecule has 0 aliphatic carbocycles. The van der Waals surface area contributed by atoms with Crippen molar-refractivity contribution in [2.45, 2.75) is 46.3 Å². The first kappa shape index (κ1) is 20.0. The summed E-state index contributed by atoms with van der Waals surface area (Å²) in [6.45, 7) is 10.7. The van der Waals surface area contributed by atoms with Crippen molar-refractivity contribution in [1.29, 1.82) is 0 Å². The molecule has 1 aromatic carbocycles. The molecule has 0 atom stereocenters. The van der Waals surface area contributed by atoms with Crippen LogP contribution in [0.4, 0.5) is 11.4 Å². The second kappa shape index (κ2) is 8.89.